The van der Waals surface area contributed by atoms with Gasteiger partial charge in [0.05, 0.1) is 0 Å². The molecule has 0 unspecified atom stereocenters. The Hall–Kier alpha value is -1.05. The van der Waals surface area contributed by atoms with Gasteiger partial charge >= 0.3 is 5.97 Å². The van der Waals surface area contributed by atoms with Crippen molar-refractivity contribution in [2.45, 2.75) is 31.8 Å². The van der Waals surface area contributed by atoms with Gasteiger partial charge in [-0.1, -0.05) is 12.2 Å². The van der Waals surface area contributed by atoms with Gasteiger partial charge in [0.25, 0.3) is 0 Å². The number of hydrogen-bond acceptors (Lipinski definition) is 2. The molecule has 0 aliphatic carbocycles. The summed E-state index contributed by atoms with van der Waals surface area (Å²) < 4.78 is 5.07. The van der Waals surface area contributed by atoms with Gasteiger partial charge in [-0.05, 0) is 19.3 Å². The molecule has 2 nitrogen and oxygen atoms in total. The molecule has 1 rings (SSSR count). The van der Waals surface area contributed by atoms with E-state index in [1.54, 1.807) is 0 Å². The second-order valence-corrected chi connectivity index (χ2v) is 2.92. The summed E-state index contributed by atoms with van der Waals surface area (Å²) >= 11 is 0. The van der Waals surface area contributed by atoms with E-state index in [1.165, 1.54) is 6.08 Å². The molecule has 0 N–H and O–H groups in total. The van der Waals surface area contributed by atoms with Crippen LogP contribution in [0, 0.1) is 0 Å². The standard InChI is InChI=1S/C10H14O2/c1-2-3-4-6-9-7-5-8-10(11)12-9/h2,5,8-9H,1,3-4,6-7H2/t9-/m0/s1. The Bertz CT molecular complexity index is 194. The van der Waals surface area contributed by atoms with Crippen molar-refractivity contribution in [2.24, 2.45) is 0 Å². The summed E-state index contributed by atoms with van der Waals surface area (Å²) in [6, 6.07) is 0. The van der Waals surface area contributed by atoms with Gasteiger partial charge in [0.15, 0.2) is 0 Å². The van der Waals surface area contributed by atoms with Gasteiger partial charge in [-0.2, -0.15) is 0 Å². The lowest BCUT2D eigenvalue weighted by atomic mass is 10.1. The van der Waals surface area contributed by atoms with Crippen molar-refractivity contribution < 1.29 is 9.53 Å². The first-order valence-corrected chi connectivity index (χ1v) is 4.31. The van der Waals surface area contributed by atoms with Crippen LogP contribution >= 0.6 is 0 Å². The molecular formula is C10H14O2. The lowest BCUT2D eigenvalue weighted by Gasteiger charge is -2.17. The second kappa shape index (κ2) is 4.75. The third kappa shape index (κ3) is 2.91. The molecule has 0 saturated heterocycles. The smallest absolute Gasteiger partial charge is 0.330 e. The molecule has 1 atom stereocenters. The van der Waals surface area contributed by atoms with Crippen LogP contribution in [0.1, 0.15) is 25.7 Å². The van der Waals surface area contributed by atoms with E-state index in [0.29, 0.717) is 0 Å². The van der Waals surface area contributed by atoms with Crippen LogP contribution in [-0.2, 0) is 9.53 Å². The van der Waals surface area contributed by atoms with Gasteiger partial charge < -0.3 is 4.74 Å². The Morgan fingerprint density at radius 3 is 3.25 bits per heavy atom. The molecule has 66 valence electrons. The summed E-state index contributed by atoms with van der Waals surface area (Å²) in [5.74, 6) is -0.204. The molecule has 0 aromatic heterocycles. The van der Waals surface area contributed by atoms with Crippen LogP contribution in [0.4, 0.5) is 0 Å². The topological polar surface area (TPSA) is 26.3 Å². The molecule has 1 aliphatic rings. The Labute approximate surface area is 72.9 Å². The molecule has 1 aliphatic heterocycles. The molecule has 12 heavy (non-hydrogen) atoms. The van der Waals surface area contributed by atoms with E-state index in [4.69, 9.17) is 4.74 Å². The number of esters is 1. The molecule has 0 saturated carbocycles. The molecule has 0 aromatic carbocycles. The highest BCUT2D eigenvalue weighted by atomic mass is 16.5. The van der Waals surface area contributed by atoms with Crippen LogP contribution in [0.5, 0.6) is 0 Å². The summed E-state index contributed by atoms with van der Waals surface area (Å²) in [6.07, 6.45) is 9.22. The van der Waals surface area contributed by atoms with Gasteiger partial charge in [-0.15, -0.1) is 6.58 Å². The number of allylic oxidation sites excluding steroid dienone is 1. The number of unbranched alkanes of at least 4 members (excludes halogenated alkanes) is 1. The fraction of sp³-hybridized carbons (Fsp3) is 0.500. The lowest BCUT2D eigenvalue weighted by molar-refractivity contribution is -0.144. The maximum absolute atomic E-state index is 10.8. The fourth-order valence-corrected chi connectivity index (χ4v) is 1.23. The molecule has 0 fully saturated rings. The zero-order chi connectivity index (χ0) is 8.81. The van der Waals surface area contributed by atoms with Crippen molar-refractivity contribution in [1.82, 2.24) is 0 Å². The highest BCUT2D eigenvalue weighted by molar-refractivity contribution is 5.82. The average molecular weight is 166 g/mol. The summed E-state index contributed by atoms with van der Waals surface area (Å²) in [5.41, 5.74) is 0. The van der Waals surface area contributed by atoms with Crippen LogP contribution in [0.3, 0.4) is 0 Å². The third-order valence-corrected chi connectivity index (χ3v) is 1.87. The number of carbonyl (C=O) groups is 1. The first-order valence-electron chi connectivity index (χ1n) is 4.31. The quantitative estimate of drug-likeness (QED) is 0.363. The fourth-order valence-electron chi connectivity index (χ4n) is 1.23. The van der Waals surface area contributed by atoms with E-state index < -0.39 is 0 Å². The third-order valence-electron chi connectivity index (χ3n) is 1.87. The Morgan fingerprint density at radius 2 is 2.58 bits per heavy atom. The normalized spacial score (nSPS) is 22.0. The van der Waals surface area contributed by atoms with E-state index in [2.05, 4.69) is 6.58 Å². The Kier molecular flexibility index (Phi) is 3.58. The number of hydrogen-bond donors (Lipinski definition) is 0. The van der Waals surface area contributed by atoms with Crippen LogP contribution in [0.25, 0.3) is 0 Å². The maximum Gasteiger partial charge on any atom is 0.330 e. The van der Waals surface area contributed by atoms with Crippen LogP contribution in [0.2, 0.25) is 0 Å². The summed E-state index contributed by atoms with van der Waals surface area (Å²) in [5, 5.41) is 0. The van der Waals surface area contributed by atoms with Gasteiger partial charge in [0, 0.05) is 12.5 Å². The Morgan fingerprint density at radius 1 is 1.75 bits per heavy atom. The van der Waals surface area contributed by atoms with Gasteiger partial charge in [0.2, 0.25) is 0 Å². The second-order valence-electron chi connectivity index (χ2n) is 2.92. The van der Waals surface area contributed by atoms with E-state index >= 15 is 0 Å². The predicted molar refractivity (Wildman–Crippen MR) is 47.7 cm³/mol. The summed E-state index contributed by atoms with van der Waals surface area (Å²) in [4.78, 5) is 10.8. The predicted octanol–water partition coefficient (Wildman–Crippen LogP) is 2.21. The van der Waals surface area contributed by atoms with E-state index in [-0.39, 0.29) is 12.1 Å². The molecule has 2 heteroatoms. The highest BCUT2D eigenvalue weighted by Crippen LogP contribution is 2.13. The highest BCUT2D eigenvalue weighted by Gasteiger charge is 2.14. The number of rotatable bonds is 4. The van der Waals surface area contributed by atoms with E-state index in [0.717, 1.165) is 25.7 Å². The van der Waals surface area contributed by atoms with Gasteiger partial charge in [0.1, 0.15) is 6.10 Å². The van der Waals surface area contributed by atoms with Crippen molar-refractivity contribution in [3.8, 4) is 0 Å². The molecule has 0 radical (unpaired) electrons. The van der Waals surface area contributed by atoms with E-state index in [1.807, 2.05) is 12.2 Å². The van der Waals surface area contributed by atoms with Crippen molar-refractivity contribution in [3.63, 3.8) is 0 Å². The zero-order valence-electron chi connectivity index (χ0n) is 7.16. The van der Waals surface area contributed by atoms with Gasteiger partial charge in [-0.25, -0.2) is 4.79 Å². The summed E-state index contributed by atoms with van der Waals surface area (Å²) in [6.45, 7) is 3.64. The minimum absolute atomic E-state index is 0.0995. The van der Waals surface area contributed by atoms with Crippen molar-refractivity contribution >= 4 is 5.97 Å². The summed E-state index contributed by atoms with van der Waals surface area (Å²) in [7, 11) is 0. The average Bonchev–Trinajstić information content (AvgIpc) is 2.05. The molecule has 1 heterocycles. The lowest BCUT2D eigenvalue weighted by Crippen LogP contribution is -2.19. The van der Waals surface area contributed by atoms with Crippen LogP contribution in [0.15, 0.2) is 24.8 Å². The minimum Gasteiger partial charge on any atom is -0.459 e. The molecule has 0 aromatic rings. The van der Waals surface area contributed by atoms with Crippen molar-refractivity contribution in [1.29, 1.82) is 0 Å². The van der Waals surface area contributed by atoms with Crippen LogP contribution in [-0.4, -0.2) is 12.1 Å². The first kappa shape index (κ1) is 9.04. The molecular weight excluding hydrogens is 152 g/mol. The van der Waals surface area contributed by atoms with E-state index in [9.17, 15) is 4.79 Å². The van der Waals surface area contributed by atoms with Crippen molar-refractivity contribution in [2.75, 3.05) is 0 Å². The number of cyclic esters (lactones) is 1. The van der Waals surface area contributed by atoms with Crippen molar-refractivity contribution in [3.05, 3.63) is 24.8 Å². The Balaban J connectivity index is 2.20. The largest absolute Gasteiger partial charge is 0.459 e. The number of carbonyl (C=O) groups excluding carboxylic acids is 1. The number of ether oxygens (including phenoxy) is 1. The van der Waals surface area contributed by atoms with Crippen LogP contribution < -0.4 is 0 Å². The first-order chi connectivity index (χ1) is 5.83. The minimum atomic E-state index is -0.204. The maximum atomic E-state index is 10.8. The SMILES string of the molecule is C=CCCC[C@H]1CC=CC(=O)O1. The molecule has 0 bridgehead atoms. The molecule has 0 spiro atoms. The monoisotopic (exact) mass is 166 g/mol. The van der Waals surface area contributed by atoms with Gasteiger partial charge in [-0.3, -0.25) is 0 Å². The zero-order valence-corrected chi connectivity index (χ0v) is 7.16. The molecule has 0 amide bonds.